The number of nitrogens with zero attached hydrogens (tertiary/aromatic N) is 3. The summed E-state index contributed by atoms with van der Waals surface area (Å²) < 4.78 is 213. The van der Waals surface area contributed by atoms with E-state index < -0.39 is 177 Å². The van der Waals surface area contributed by atoms with Crippen LogP contribution in [-0.2, 0) is 106 Å². The van der Waals surface area contributed by atoms with Gasteiger partial charge in [-0.25, -0.2) is 25.3 Å². The number of hydrogen-bond donors (Lipinski definition) is 3. The van der Waals surface area contributed by atoms with Crippen LogP contribution in [0.4, 0.5) is 26.3 Å². The fourth-order valence-electron chi connectivity index (χ4n) is 15.5. The van der Waals surface area contributed by atoms with Crippen molar-refractivity contribution in [1.82, 2.24) is 12.9 Å². The molecule has 0 aliphatic carbocycles. The number of benzene rings is 6. The van der Waals surface area contributed by atoms with E-state index in [4.69, 9.17) is 28.4 Å². The van der Waals surface area contributed by atoms with Crippen molar-refractivity contribution in [3.8, 4) is 0 Å². The average molecular weight is 1760 g/mol. The van der Waals surface area contributed by atoms with Crippen molar-refractivity contribution in [3.63, 3.8) is 0 Å². The Morgan fingerprint density at radius 1 is 0.380 bits per heavy atom. The summed E-state index contributed by atoms with van der Waals surface area (Å²) in [5, 5.41) is 34.1. The summed E-state index contributed by atoms with van der Waals surface area (Å²) in [5.41, 5.74) is 5.31. The van der Waals surface area contributed by atoms with E-state index in [0.29, 0.717) is 0 Å². The lowest BCUT2D eigenvalue weighted by molar-refractivity contribution is -0.271. The zero-order chi connectivity index (χ0) is 87.2. The Hall–Kier alpha value is -7.32. The van der Waals surface area contributed by atoms with Crippen molar-refractivity contribution in [2.24, 2.45) is 53.3 Å². The number of rotatable bonds is 36. The van der Waals surface area contributed by atoms with Crippen LogP contribution in [0.1, 0.15) is 121 Å². The van der Waals surface area contributed by atoms with Gasteiger partial charge in [-0.15, -0.1) is 0 Å². The first-order valence-electron chi connectivity index (χ1n) is 40.5. The number of aliphatic hydroxyl groups is 3. The molecule has 0 unspecified atom stereocenters. The molecule has 24 nitrogen and oxygen atoms in total. The molecule has 0 amide bonds. The number of aliphatic hydroxyl groups excluding tert-OH is 3. The molecule has 12 rings (SSSR count). The molecule has 6 aromatic rings. The number of esters is 3. The summed E-state index contributed by atoms with van der Waals surface area (Å²) in [6.45, 7) is 16.6. The maximum atomic E-state index is 13.7. The second kappa shape index (κ2) is 42.6. The predicted molar refractivity (Wildman–Crippen MR) is 435 cm³/mol. The highest BCUT2D eigenvalue weighted by Gasteiger charge is 2.59. The van der Waals surface area contributed by atoms with Gasteiger partial charge in [0.25, 0.3) is 0 Å². The number of halogens is 6. The number of carbonyl (C=O) groups is 3. The maximum absolute atomic E-state index is 13.7. The second-order valence-electron chi connectivity index (χ2n) is 33.3. The van der Waals surface area contributed by atoms with Crippen LogP contribution >= 0.6 is 0 Å². The Labute approximate surface area is 706 Å². The molecule has 0 radical (unpaired) electrons. The minimum Gasteiger partial charge on any atom is -0.459 e. The lowest BCUT2D eigenvalue weighted by Crippen LogP contribution is -2.43. The standard InChI is InChI=1S/3C29H37F2NO7S.CH4/c3*1-19(2)16-32(40(35,36)23-11-9-20(3)10-12-23)17-25(33)22(13-21-7-5-4-6-8-21)14-27(34)38-26-18-37-28-24(26)15-29(30,31)39-28;/h3*4-12,19,22,24-26,28,33H,13-18H2,1-3H3;1H4/t2*22-,24-,25-,26+,28-;22-,24-,25-,26-,28-;/m111./s1. The zero-order valence-electron chi connectivity index (χ0n) is 68.7. The van der Waals surface area contributed by atoms with Gasteiger partial charge in [0.15, 0.2) is 18.9 Å². The van der Waals surface area contributed by atoms with Gasteiger partial charge in [-0.1, -0.05) is 193 Å². The fourth-order valence-corrected chi connectivity index (χ4v) is 20.4. The van der Waals surface area contributed by atoms with Gasteiger partial charge in [-0.2, -0.15) is 39.3 Å². The molecular weight excluding hydrogens is 1650 g/mol. The Bertz CT molecular complexity index is 4190. The van der Waals surface area contributed by atoms with E-state index in [9.17, 15) is 81.3 Å². The maximum Gasteiger partial charge on any atom is 0.358 e. The molecule has 6 fully saturated rings. The topological polar surface area (TPSA) is 307 Å². The van der Waals surface area contributed by atoms with E-state index in [-0.39, 0.29) is 137 Å². The lowest BCUT2D eigenvalue weighted by Gasteiger charge is -2.30. The molecule has 6 aliphatic rings. The molecule has 3 N–H and O–H groups in total. The highest BCUT2D eigenvalue weighted by molar-refractivity contribution is 7.89. The number of alkyl halides is 6. The van der Waals surface area contributed by atoms with Gasteiger partial charge in [0.05, 0.1) is 109 Å². The van der Waals surface area contributed by atoms with Crippen LogP contribution in [-0.4, -0.2) is 204 Å². The first-order valence-corrected chi connectivity index (χ1v) is 44.8. The van der Waals surface area contributed by atoms with Gasteiger partial charge in [0.1, 0.15) is 18.3 Å². The number of ether oxygens (including phenoxy) is 9. The van der Waals surface area contributed by atoms with Crippen LogP contribution in [0.3, 0.4) is 0 Å². The van der Waals surface area contributed by atoms with E-state index in [1.54, 1.807) is 36.4 Å². The highest BCUT2D eigenvalue weighted by atomic mass is 32.2. The molecule has 0 aromatic heterocycles. The molecule has 6 aliphatic heterocycles. The number of sulfonamides is 3. The Morgan fingerprint density at radius 2 is 0.603 bits per heavy atom. The Morgan fingerprint density at radius 3 is 0.818 bits per heavy atom. The smallest absolute Gasteiger partial charge is 0.358 e. The first-order chi connectivity index (χ1) is 56.5. The molecule has 6 aromatic carbocycles. The summed E-state index contributed by atoms with van der Waals surface area (Å²) in [6.07, 6.45) is -21.4. The quantitative estimate of drug-likeness (QED) is 0.0187. The minimum absolute atomic E-state index is 0. The van der Waals surface area contributed by atoms with E-state index in [1.807, 2.05) is 153 Å². The molecule has 33 heteroatoms. The molecule has 0 saturated carbocycles. The van der Waals surface area contributed by atoms with E-state index in [0.717, 1.165) is 33.4 Å². The molecule has 6 heterocycles. The van der Waals surface area contributed by atoms with Gasteiger partial charge >= 0.3 is 36.2 Å². The minimum atomic E-state index is -3.93. The monoisotopic (exact) mass is 1760 g/mol. The molecule has 0 bridgehead atoms. The van der Waals surface area contributed by atoms with E-state index in [2.05, 4.69) is 14.2 Å². The third kappa shape index (κ3) is 27.6. The van der Waals surface area contributed by atoms with Crippen LogP contribution in [0.25, 0.3) is 0 Å². The summed E-state index contributed by atoms with van der Waals surface area (Å²) in [5.74, 6) is -6.53. The van der Waals surface area contributed by atoms with Gasteiger partial charge in [0, 0.05) is 57.0 Å². The summed E-state index contributed by atoms with van der Waals surface area (Å²) in [6, 6.07) is 47.2. The highest BCUT2D eigenvalue weighted by Crippen LogP contribution is 2.47. The fraction of sp³-hybridized carbons (Fsp3) is 0.557. The lowest BCUT2D eigenvalue weighted by atomic mass is 9.90. The molecule has 0 spiro atoms. The molecule has 6 saturated heterocycles. The number of hydrogen-bond acceptors (Lipinski definition) is 21. The van der Waals surface area contributed by atoms with Crippen molar-refractivity contribution in [1.29, 1.82) is 0 Å². The van der Waals surface area contributed by atoms with Crippen LogP contribution < -0.4 is 0 Å². The normalized spacial score (nSPS) is 23.6. The van der Waals surface area contributed by atoms with Crippen molar-refractivity contribution in [2.45, 2.75) is 216 Å². The summed E-state index contributed by atoms with van der Waals surface area (Å²) >= 11 is 0. The Balaban J connectivity index is 0.000000205. The Kier molecular flexibility index (Phi) is 34.3. The van der Waals surface area contributed by atoms with Gasteiger partial charge in [-0.05, 0) is 111 Å². The van der Waals surface area contributed by atoms with Crippen molar-refractivity contribution in [3.05, 3.63) is 197 Å². The van der Waals surface area contributed by atoms with Gasteiger partial charge < -0.3 is 43.7 Å². The van der Waals surface area contributed by atoms with Crippen molar-refractivity contribution in [2.75, 3.05) is 59.1 Å². The molecular formula is C88H115F6N3O21S3. The molecule has 15 atom stereocenters. The van der Waals surface area contributed by atoms with Crippen LogP contribution in [0.15, 0.2) is 178 Å². The largest absolute Gasteiger partial charge is 0.459 e. The van der Waals surface area contributed by atoms with Gasteiger partial charge in [-0.3, -0.25) is 28.6 Å². The van der Waals surface area contributed by atoms with Crippen molar-refractivity contribution >= 4 is 48.0 Å². The number of fused-ring (bicyclic) bond motifs is 3. The van der Waals surface area contributed by atoms with Gasteiger partial charge in [0.2, 0.25) is 30.1 Å². The van der Waals surface area contributed by atoms with Crippen LogP contribution in [0, 0.1) is 74.0 Å². The second-order valence-corrected chi connectivity index (χ2v) is 39.1. The predicted octanol–water partition coefficient (Wildman–Crippen LogP) is 13.1. The van der Waals surface area contributed by atoms with Crippen LogP contribution in [0.5, 0.6) is 0 Å². The van der Waals surface area contributed by atoms with E-state index in [1.165, 1.54) is 49.3 Å². The van der Waals surface area contributed by atoms with Crippen LogP contribution in [0.2, 0.25) is 0 Å². The first kappa shape index (κ1) is 97.5. The third-order valence-electron chi connectivity index (χ3n) is 21.7. The zero-order valence-corrected chi connectivity index (χ0v) is 71.2. The molecule has 121 heavy (non-hydrogen) atoms. The number of aryl methyl sites for hydroxylation is 3. The molecule has 668 valence electrons. The van der Waals surface area contributed by atoms with Crippen molar-refractivity contribution < 1.29 is 124 Å². The number of carbonyl (C=O) groups excluding carboxylic acids is 3. The third-order valence-corrected chi connectivity index (χ3v) is 27.2. The van der Waals surface area contributed by atoms with E-state index >= 15 is 0 Å². The average Bonchev–Trinajstić information content (AvgIpc) is 1.68. The summed E-state index contributed by atoms with van der Waals surface area (Å²) in [4.78, 5) is 39.4. The SMILES string of the molecule is C.Cc1ccc(S(=O)(=O)N(CC(C)C)C[C@@H](O)[C@@H](CC(=O)O[C@@H]2CO[C@@H]3OC(F)(F)C[C@@H]32)Cc2ccccc2)cc1.Cc1ccc(S(=O)(=O)N(CC(C)C)C[C@@H](O)[C@@H](CC(=O)O[C@H]2CO[C@@H]3OC(F)(F)C[C@@H]32)Cc2ccccc2)cc1.Cc1ccc(S(=O)(=O)N(CC(C)C)C[C@@H](O)[C@@H](CC(=O)O[C@H]2CO[C@@H]3OC(F)(F)C[C@@H]32)Cc2ccccc2)cc1. The summed E-state index contributed by atoms with van der Waals surface area (Å²) in [7, 11) is -11.8.